The summed E-state index contributed by atoms with van der Waals surface area (Å²) in [6, 6.07) is 8.90. The van der Waals surface area contributed by atoms with Crippen molar-refractivity contribution in [2.75, 3.05) is 0 Å². The second-order valence-electron chi connectivity index (χ2n) is 3.50. The number of hydrogen-bond acceptors (Lipinski definition) is 2. The molecule has 2 aromatic heterocycles. The van der Waals surface area contributed by atoms with Crippen LogP contribution in [0.3, 0.4) is 0 Å². The van der Waals surface area contributed by atoms with Crippen molar-refractivity contribution in [3.63, 3.8) is 0 Å². The number of imidazole rings is 1. The molecule has 0 saturated heterocycles. The first-order valence-electron chi connectivity index (χ1n) is 4.88. The maximum Gasteiger partial charge on any atom is 0.212 e. The van der Waals surface area contributed by atoms with Gasteiger partial charge < -0.3 is 4.98 Å². The summed E-state index contributed by atoms with van der Waals surface area (Å²) < 4.78 is 12.7. The normalized spacial score (nSPS) is 10.8. The van der Waals surface area contributed by atoms with Gasteiger partial charge in [0.1, 0.15) is 0 Å². The molecular weight excluding hydrogens is 205 g/mol. The van der Waals surface area contributed by atoms with Crippen LogP contribution in [0.1, 0.15) is 0 Å². The molecule has 16 heavy (non-hydrogen) atoms. The summed E-state index contributed by atoms with van der Waals surface area (Å²) >= 11 is 0. The number of pyridine rings is 1. The molecule has 0 fully saturated rings. The van der Waals surface area contributed by atoms with E-state index >= 15 is 0 Å². The molecule has 4 heteroatoms. The fraction of sp³-hybridized carbons (Fsp3) is 0. The standard InChI is InChI=1S/C12H8FN3/c13-12-4-2-9(6-14-12)8-1-3-10-11(5-8)16-7-15-10/h1-7H,(H,15,16). The topological polar surface area (TPSA) is 41.6 Å². The third kappa shape index (κ3) is 1.44. The number of nitrogens with zero attached hydrogens (tertiary/aromatic N) is 2. The first-order chi connectivity index (χ1) is 7.83. The van der Waals surface area contributed by atoms with Gasteiger partial charge in [-0.15, -0.1) is 0 Å². The highest BCUT2D eigenvalue weighted by Gasteiger charge is 2.01. The van der Waals surface area contributed by atoms with Gasteiger partial charge in [-0.25, -0.2) is 9.97 Å². The van der Waals surface area contributed by atoms with Crippen LogP contribution in [0.25, 0.3) is 22.2 Å². The van der Waals surface area contributed by atoms with Gasteiger partial charge in [0.25, 0.3) is 0 Å². The van der Waals surface area contributed by atoms with Crippen molar-refractivity contribution in [1.29, 1.82) is 0 Å². The number of fused-ring (bicyclic) bond motifs is 1. The minimum Gasteiger partial charge on any atom is -0.345 e. The molecule has 0 radical (unpaired) electrons. The van der Waals surface area contributed by atoms with Crippen molar-refractivity contribution >= 4 is 11.0 Å². The first kappa shape index (κ1) is 9.03. The second-order valence-corrected chi connectivity index (χ2v) is 3.50. The summed E-state index contributed by atoms with van der Waals surface area (Å²) in [5, 5.41) is 0. The molecule has 0 aliphatic rings. The van der Waals surface area contributed by atoms with Crippen LogP contribution < -0.4 is 0 Å². The molecule has 0 saturated carbocycles. The van der Waals surface area contributed by atoms with Crippen LogP contribution in [0.2, 0.25) is 0 Å². The largest absolute Gasteiger partial charge is 0.345 e. The summed E-state index contributed by atoms with van der Waals surface area (Å²) in [6.07, 6.45) is 3.17. The Hall–Kier alpha value is -2.23. The lowest BCUT2D eigenvalue weighted by Gasteiger charge is -2.00. The predicted molar refractivity (Wildman–Crippen MR) is 59.3 cm³/mol. The summed E-state index contributed by atoms with van der Waals surface area (Å²) in [4.78, 5) is 10.8. The Balaban J connectivity index is 2.14. The van der Waals surface area contributed by atoms with E-state index in [4.69, 9.17) is 0 Å². The molecule has 0 aliphatic carbocycles. The van der Waals surface area contributed by atoms with Crippen LogP contribution in [0.4, 0.5) is 4.39 Å². The Morgan fingerprint density at radius 3 is 2.69 bits per heavy atom. The molecule has 0 spiro atoms. The molecule has 1 N–H and O–H groups in total. The first-order valence-corrected chi connectivity index (χ1v) is 4.88. The van der Waals surface area contributed by atoms with Gasteiger partial charge >= 0.3 is 0 Å². The fourth-order valence-electron chi connectivity index (χ4n) is 1.66. The van der Waals surface area contributed by atoms with Crippen molar-refractivity contribution in [1.82, 2.24) is 15.0 Å². The molecule has 0 bridgehead atoms. The molecule has 3 nitrogen and oxygen atoms in total. The van der Waals surface area contributed by atoms with E-state index in [-0.39, 0.29) is 0 Å². The Morgan fingerprint density at radius 2 is 1.88 bits per heavy atom. The van der Waals surface area contributed by atoms with Crippen LogP contribution in [-0.2, 0) is 0 Å². The van der Waals surface area contributed by atoms with E-state index in [2.05, 4.69) is 15.0 Å². The highest BCUT2D eigenvalue weighted by molar-refractivity contribution is 5.81. The molecule has 2 heterocycles. The number of nitrogens with one attached hydrogen (secondary N) is 1. The predicted octanol–water partition coefficient (Wildman–Crippen LogP) is 2.76. The zero-order valence-corrected chi connectivity index (χ0v) is 8.31. The van der Waals surface area contributed by atoms with Gasteiger partial charge in [0.15, 0.2) is 0 Å². The van der Waals surface area contributed by atoms with Gasteiger partial charge in [-0.2, -0.15) is 4.39 Å². The summed E-state index contributed by atoms with van der Waals surface area (Å²) in [6.45, 7) is 0. The minimum atomic E-state index is -0.466. The molecule has 1 aromatic carbocycles. The molecule has 0 unspecified atom stereocenters. The van der Waals surface area contributed by atoms with E-state index in [0.717, 1.165) is 22.2 Å². The van der Waals surface area contributed by atoms with E-state index in [0.29, 0.717) is 0 Å². The average molecular weight is 213 g/mol. The van der Waals surface area contributed by atoms with E-state index < -0.39 is 5.95 Å². The molecule has 0 aliphatic heterocycles. The smallest absolute Gasteiger partial charge is 0.212 e. The van der Waals surface area contributed by atoms with E-state index in [1.54, 1.807) is 12.4 Å². The highest BCUT2D eigenvalue weighted by atomic mass is 19.1. The van der Waals surface area contributed by atoms with E-state index in [1.165, 1.54) is 12.3 Å². The lowest BCUT2D eigenvalue weighted by molar-refractivity contribution is 0.584. The number of benzene rings is 1. The molecule has 0 atom stereocenters. The maximum absolute atomic E-state index is 12.7. The lowest BCUT2D eigenvalue weighted by Crippen LogP contribution is -1.83. The van der Waals surface area contributed by atoms with E-state index in [9.17, 15) is 4.39 Å². The Kier molecular flexibility index (Phi) is 1.93. The Labute approximate surface area is 91.0 Å². The number of aromatic amines is 1. The third-order valence-corrected chi connectivity index (χ3v) is 2.48. The maximum atomic E-state index is 12.7. The van der Waals surface area contributed by atoms with Crippen molar-refractivity contribution in [2.45, 2.75) is 0 Å². The van der Waals surface area contributed by atoms with Crippen LogP contribution in [-0.4, -0.2) is 15.0 Å². The van der Waals surface area contributed by atoms with Gasteiger partial charge in [-0.1, -0.05) is 6.07 Å². The van der Waals surface area contributed by atoms with Crippen LogP contribution in [0, 0.1) is 5.95 Å². The minimum absolute atomic E-state index is 0.466. The third-order valence-electron chi connectivity index (χ3n) is 2.48. The zero-order valence-electron chi connectivity index (χ0n) is 8.31. The van der Waals surface area contributed by atoms with Crippen LogP contribution in [0.15, 0.2) is 42.9 Å². The van der Waals surface area contributed by atoms with Gasteiger partial charge in [-0.05, 0) is 29.8 Å². The van der Waals surface area contributed by atoms with Crippen molar-refractivity contribution in [2.24, 2.45) is 0 Å². The van der Waals surface area contributed by atoms with Crippen molar-refractivity contribution in [3.05, 3.63) is 48.8 Å². The number of hydrogen-bond donors (Lipinski definition) is 1. The van der Waals surface area contributed by atoms with Crippen LogP contribution >= 0.6 is 0 Å². The van der Waals surface area contributed by atoms with Gasteiger partial charge in [0.05, 0.1) is 17.4 Å². The molecule has 0 amide bonds. The van der Waals surface area contributed by atoms with E-state index in [1.807, 2.05) is 18.2 Å². The fourth-order valence-corrected chi connectivity index (χ4v) is 1.66. The van der Waals surface area contributed by atoms with Gasteiger partial charge in [0.2, 0.25) is 5.95 Å². The number of H-pyrrole nitrogens is 1. The molecule has 3 aromatic rings. The second kappa shape index (κ2) is 3.41. The van der Waals surface area contributed by atoms with Gasteiger partial charge in [0, 0.05) is 11.8 Å². The lowest BCUT2D eigenvalue weighted by atomic mass is 10.1. The summed E-state index contributed by atoms with van der Waals surface area (Å²) in [7, 11) is 0. The van der Waals surface area contributed by atoms with Crippen molar-refractivity contribution in [3.8, 4) is 11.1 Å². The molecule has 78 valence electrons. The van der Waals surface area contributed by atoms with Gasteiger partial charge in [-0.3, -0.25) is 0 Å². The highest BCUT2D eigenvalue weighted by Crippen LogP contribution is 2.21. The quantitative estimate of drug-likeness (QED) is 0.631. The Morgan fingerprint density at radius 1 is 1.00 bits per heavy atom. The van der Waals surface area contributed by atoms with Crippen molar-refractivity contribution < 1.29 is 4.39 Å². The molecular formula is C12H8FN3. The SMILES string of the molecule is Fc1ccc(-c2ccc3nc[nH]c3c2)cn1. The number of halogens is 1. The number of aromatic nitrogens is 3. The summed E-state index contributed by atoms with van der Waals surface area (Å²) in [5.74, 6) is -0.466. The zero-order chi connectivity index (χ0) is 11.0. The monoisotopic (exact) mass is 213 g/mol. The molecule has 3 rings (SSSR count). The average Bonchev–Trinajstić information content (AvgIpc) is 2.77. The van der Waals surface area contributed by atoms with Crippen LogP contribution in [0.5, 0.6) is 0 Å². The Bertz CT molecular complexity index is 628. The number of rotatable bonds is 1. The summed E-state index contributed by atoms with van der Waals surface area (Å²) in [5.41, 5.74) is 3.75.